The highest BCUT2D eigenvalue weighted by molar-refractivity contribution is 9.10. The van der Waals surface area contributed by atoms with E-state index in [2.05, 4.69) is 15.9 Å². The van der Waals surface area contributed by atoms with Gasteiger partial charge in [-0.05, 0) is 53.4 Å². The van der Waals surface area contributed by atoms with E-state index in [1.807, 2.05) is 6.07 Å². The van der Waals surface area contributed by atoms with E-state index in [-0.39, 0.29) is 12.2 Å². The van der Waals surface area contributed by atoms with Gasteiger partial charge >= 0.3 is 0 Å². The summed E-state index contributed by atoms with van der Waals surface area (Å²) in [5, 5.41) is 10.7. The van der Waals surface area contributed by atoms with Crippen LogP contribution in [0.25, 0.3) is 0 Å². The molecular weight excluding hydrogens is 303 g/mol. The summed E-state index contributed by atoms with van der Waals surface area (Å²) >= 11 is 9.30. The molecule has 0 radical (unpaired) electrons. The second kappa shape index (κ2) is 6.07. The molecule has 0 amide bonds. The highest BCUT2D eigenvalue weighted by Gasteiger charge is 2.23. The largest absolute Gasteiger partial charge is 0.487 e. The normalized spacial score (nSPS) is 25.4. The van der Waals surface area contributed by atoms with Crippen molar-refractivity contribution >= 4 is 27.5 Å². The van der Waals surface area contributed by atoms with Crippen molar-refractivity contribution in [3.63, 3.8) is 0 Å². The van der Waals surface area contributed by atoms with Crippen LogP contribution in [0.15, 0.2) is 22.7 Å². The fraction of sp³-hybridized carbons (Fsp3) is 0.538. The molecule has 1 aliphatic rings. The van der Waals surface area contributed by atoms with E-state index in [1.54, 1.807) is 12.1 Å². The number of halogens is 2. The Hall–Kier alpha value is -0.250. The quantitative estimate of drug-likeness (QED) is 0.829. The van der Waals surface area contributed by atoms with Gasteiger partial charge in [-0.2, -0.15) is 0 Å². The summed E-state index contributed by atoms with van der Waals surface area (Å²) in [4.78, 5) is 0. The van der Waals surface area contributed by atoms with Crippen LogP contribution in [0.2, 0.25) is 5.02 Å². The number of rotatable bonds is 2. The summed E-state index contributed by atoms with van der Waals surface area (Å²) in [6, 6.07) is 5.44. The molecule has 2 unspecified atom stereocenters. The third-order valence-corrected chi connectivity index (χ3v) is 3.94. The number of hydrogen-bond donors (Lipinski definition) is 1. The SMILES string of the molecule is OC1CCCCCC1Oc1ccc(Cl)cc1Br. The number of ether oxygens (including phenoxy) is 1. The lowest BCUT2D eigenvalue weighted by atomic mass is 10.1. The molecule has 0 heterocycles. The van der Waals surface area contributed by atoms with Gasteiger partial charge in [0.05, 0.1) is 10.6 Å². The van der Waals surface area contributed by atoms with Crippen LogP contribution >= 0.6 is 27.5 Å². The third-order valence-electron chi connectivity index (χ3n) is 3.09. The first kappa shape index (κ1) is 13.2. The first-order chi connectivity index (χ1) is 8.16. The summed E-state index contributed by atoms with van der Waals surface area (Å²) in [5.74, 6) is 0.750. The summed E-state index contributed by atoms with van der Waals surface area (Å²) < 4.78 is 6.71. The molecule has 1 aliphatic carbocycles. The summed E-state index contributed by atoms with van der Waals surface area (Å²) in [7, 11) is 0. The van der Waals surface area contributed by atoms with Crippen LogP contribution in [0, 0.1) is 0 Å². The monoisotopic (exact) mass is 318 g/mol. The lowest BCUT2D eigenvalue weighted by Crippen LogP contribution is -2.30. The maximum Gasteiger partial charge on any atom is 0.134 e. The van der Waals surface area contributed by atoms with Crippen molar-refractivity contribution in [1.29, 1.82) is 0 Å². The van der Waals surface area contributed by atoms with Gasteiger partial charge in [-0.15, -0.1) is 0 Å². The van der Waals surface area contributed by atoms with Crippen molar-refractivity contribution in [2.75, 3.05) is 0 Å². The molecule has 0 aromatic heterocycles. The minimum absolute atomic E-state index is 0.102. The minimum Gasteiger partial charge on any atom is -0.487 e. The lowest BCUT2D eigenvalue weighted by molar-refractivity contribution is 0.0315. The van der Waals surface area contributed by atoms with E-state index in [4.69, 9.17) is 16.3 Å². The predicted molar refractivity (Wildman–Crippen MR) is 72.7 cm³/mol. The number of hydrogen-bond acceptors (Lipinski definition) is 2. The molecule has 0 aliphatic heterocycles. The van der Waals surface area contributed by atoms with Gasteiger partial charge < -0.3 is 9.84 Å². The summed E-state index contributed by atoms with van der Waals surface area (Å²) in [6.07, 6.45) is 4.66. The predicted octanol–water partition coefficient (Wildman–Crippen LogP) is 4.17. The van der Waals surface area contributed by atoms with E-state index in [0.29, 0.717) is 5.02 Å². The van der Waals surface area contributed by atoms with Gasteiger partial charge in [0.15, 0.2) is 0 Å². The zero-order valence-corrected chi connectivity index (χ0v) is 11.9. The average Bonchev–Trinajstić information content (AvgIpc) is 2.48. The van der Waals surface area contributed by atoms with Gasteiger partial charge in [-0.3, -0.25) is 0 Å². The molecule has 0 saturated heterocycles. The van der Waals surface area contributed by atoms with E-state index < -0.39 is 0 Å². The molecule has 94 valence electrons. The van der Waals surface area contributed by atoms with Crippen molar-refractivity contribution in [3.8, 4) is 5.75 Å². The molecule has 1 aromatic rings. The molecule has 1 aromatic carbocycles. The molecule has 1 saturated carbocycles. The van der Waals surface area contributed by atoms with Gasteiger partial charge in [0.2, 0.25) is 0 Å². The molecule has 0 bridgehead atoms. The Labute approximate surface area is 115 Å². The van der Waals surface area contributed by atoms with E-state index >= 15 is 0 Å². The topological polar surface area (TPSA) is 29.5 Å². The second-order valence-electron chi connectivity index (χ2n) is 4.44. The van der Waals surface area contributed by atoms with Crippen molar-refractivity contribution < 1.29 is 9.84 Å². The summed E-state index contributed by atoms with van der Waals surface area (Å²) in [6.45, 7) is 0. The molecule has 17 heavy (non-hydrogen) atoms. The molecule has 2 atom stereocenters. The Morgan fingerprint density at radius 3 is 2.76 bits per heavy atom. The highest BCUT2D eigenvalue weighted by Crippen LogP contribution is 2.31. The second-order valence-corrected chi connectivity index (χ2v) is 5.73. The van der Waals surface area contributed by atoms with E-state index in [0.717, 1.165) is 35.9 Å². The minimum atomic E-state index is -0.361. The molecule has 1 N–H and O–H groups in total. The molecular formula is C13H16BrClO2. The van der Waals surface area contributed by atoms with Gasteiger partial charge in [-0.1, -0.05) is 24.4 Å². The Balaban J connectivity index is 2.08. The van der Waals surface area contributed by atoms with Crippen molar-refractivity contribution in [2.45, 2.75) is 44.3 Å². The van der Waals surface area contributed by atoms with Gasteiger partial charge in [0.1, 0.15) is 11.9 Å². The molecule has 2 nitrogen and oxygen atoms in total. The smallest absolute Gasteiger partial charge is 0.134 e. The fourth-order valence-corrected chi connectivity index (χ4v) is 2.90. The average molecular weight is 320 g/mol. The Morgan fingerprint density at radius 1 is 1.24 bits per heavy atom. The van der Waals surface area contributed by atoms with Crippen molar-refractivity contribution in [1.82, 2.24) is 0 Å². The van der Waals surface area contributed by atoms with Crippen LogP contribution in [0.3, 0.4) is 0 Å². The molecule has 0 spiro atoms. The van der Waals surface area contributed by atoms with Crippen LogP contribution in [0.5, 0.6) is 5.75 Å². The zero-order valence-electron chi connectivity index (χ0n) is 9.53. The van der Waals surface area contributed by atoms with E-state index in [1.165, 1.54) is 6.42 Å². The van der Waals surface area contributed by atoms with Crippen LogP contribution in [-0.2, 0) is 0 Å². The fourth-order valence-electron chi connectivity index (χ4n) is 2.13. The van der Waals surface area contributed by atoms with Crippen molar-refractivity contribution in [2.24, 2.45) is 0 Å². The third kappa shape index (κ3) is 3.60. The molecule has 4 heteroatoms. The number of aliphatic hydroxyl groups excluding tert-OH is 1. The van der Waals surface area contributed by atoms with Gasteiger partial charge in [-0.25, -0.2) is 0 Å². The first-order valence-corrected chi connectivity index (χ1v) is 7.13. The zero-order chi connectivity index (χ0) is 12.3. The maximum absolute atomic E-state index is 9.99. The highest BCUT2D eigenvalue weighted by atomic mass is 79.9. The molecule has 2 rings (SSSR count). The molecule has 1 fully saturated rings. The standard InChI is InChI=1S/C13H16BrClO2/c14-10-8-9(15)6-7-12(10)17-13-5-3-1-2-4-11(13)16/h6-8,11,13,16H,1-5H2. The van der Waals surface area contributed by atoms with Crippen LogP contribution in [-0.4, -0.2) is 17.3 Å². The maximum atomic E-state index is 9.99. The first-order valence-electron chi connectivity index (χ1n) is 5.96. The van der Waals surface area contributed by atoms with Crippen LogP contribution in [0.4, 0.5) is 0 Å². The summed E-state index contributed by atoms with van der Waals surface area (Å²) in [5.41, 5.74) is 0. The van der Waals surface area contributed by atoms with Crippen LogP contribution < -0.4 is 4.74 Å². The Bertz CT molecular complexity index is 384. The van der Waals surface area contributed by atoms with Crippen molar-refractivity contribution in [3.05, 3.63) is 27.7 Å². The number of aliphatic hydroxyl groups is 1. The van der Waals surface area contributed by atoms with Gasteiger partial charge in [0, 0.05) is 5.02 Å². The van der Waals surface area contributed by atoms with Gasteiger partial charge in [0.25, 0.3) is 0 Å². The van der Waals surface area contributed by atoms with Crippen LogP contribution in [0.1, 0.15) is 32.1 Å². The van der Waals surface area contributed by atoms with E-state index in [9.17, 15) is 5.11 Å². The number of benzene rings is 1. The Morgan fingerprint density at radius 2 is 2.00 bits per heavy atom. The lowest BCUT2D eigenvalue weighted by Gasteiger charge is -2.22. The Kier molecular flexibility index (Phi) is 4.71.